The third-order valence-corrected chi connectivity index (χ3v) is 3.62. The number of rotatable bonds is 4. The zero-order valence-corrected chi connectivity index (χ0v) is 11.4. The summed E-state index contributed by atoms with van der Waals surface area (Å²) in [6.45, 7) is 3.08. The van der Waals surface area contributed by atoms with Gasteiger partial charge in [0, 0.05) is 4.83 Å². The van der Waals surface area contributed by atoms with E-state index in [2.05, 4.69) is 47.1 Å². The van der Waals surface area contributed by atoms with Crippen molar-refractivity contribution in [2.24, 2.45) is 0 Å². The molecule has 2 rings (SSSR count). The van der Waals surface area contributed by atoms with Crippen molar-refractivity contribution in [3.8, 4) is 0 Å². The highest BCUT2D eigenvalue weighted by Crippen LogP contribution is 2.31. The summed E-state index contributed by atoms with van der Waals surface area (Å²) in [7, 11) is 0. The lowest BCUT2D eigenvalue weighted by Crippen LogP contribution is -2.16. The fraction of sp³-hybridized carbons (Fsp3) is 0.571. The van der Waals surface area contributed by atoms with E-state index in [0.717, 1.165) is 19.4 Å². The van der Waals surface area contributed by atoms with Crippen LogP contribution in [0, 0.1) is 0 Å². The molecule has 88 valence electrons. The van der Waals surface area contributed by atoms with Crippen LogP contribution in [0.5, 0.6) is 0 Å². The second kappa shape index (κ2) is 5.83. The lowest BCUT2D eigenvalue weighted by Gasteiger charge is -2.26. The van der Waals surface area contributed by atoms with E-state index >= 15 is 0 Å². The van der Waals surface area contributed by atoms with Gasteiger partial charge in [0.1, 0.15) is 0 Å². The van der Waals surface area contributed by atoms with E-state index in [0.29, 0.717) is 10.9 Å². The Kier molecular flexibility index (Phi) is 4.42. The summed E-state index contributed by atoms with van der Waals surface area (Å²) < 4.78 is 5.87. The van der Waals surface area contributed by atoms with Crippen LogP contribution in [0.3, 0.4) is 0 Å². The molecule has 0 aliphatic carbocycles. The second-order valence-corrected chi connectivity index (χ2v) is 6.08. The predicted molar refractivity (Wildman–Crippen MR) is 71.1 cm³/mol. The normalized spacial score (nSPS) is 21.5. The molecule has 0 aromatic heterocycles. The van der Waals surface area contributed by atoms with Crippen molar-refractivity contribution < 1.29 is 4.74 Å². The molecule has 0 amide bonds. The Morgan fingerprint density at radius 1 is 1.44 bits per heavy atom. The molecule has 1 aliphatic heterocycles. The predicted octanol–water partition coefficient (Wildman–Crippen LogP) is 4.25. The molecule has 0 fully saturated rings. The number of alkyl halides is 1. The number of ether oxygens (including phenoxy) is 1. The molecule has 0 saturated heterocycles. The molecular formula is C14H19BrO. The van der Waals surface area contributed by atoms with Crippen molar-refractivity contribution in [3.63, 3.8) is 0 Å². The van der Waals surface area contributed by atoms with Crippen molar-refractivity contribution in [2.45, 2.75) is 43.5 Å². The van der Waals surface area contributed by atoms with Gasteiger partial charge in [-0.25, -0.2) is 0 Å². The van der Waals surface area contributed by atoms with E-state index in [1.54, 1.807) is 0 Å². The van der Waals surface area contributed by atoms with E-state index in [4.69, 9.17) is 4.74 Å². The Hall–Kier alpha value is -0.340. The summed E-state index contributed by atoms with van der Waals surface area (Å²) in [5.74, 6) is 0. The monoisotopic (exact) mass is 282 g/mol. The molecule has 1 aromatic carbocycles. The Morgan fingerprint density at radius 3 is 3.06 bits per heavy atom. The lowest BCUT2D eigenvalue weighted by molar-refractivity contribution is 0.0349. The number of halogens is 1. The van der Waals surface area contributed by atoms with Gasteiger partial charge in [0.15, 0.2) is 0 Å². The average Bonchev–Trinajstić information content (AvgIpc) is 2.29. The Bertz CT molecular complexity index is 335. The minimum Gasteiger partial charge on any atom is -0.373 e. The van der Waals surface area contributed by atoms with Gasteiger partial charge in [0.25, 0.3) is 0 Å². The zero-order chi connectivity index (χ0) is 11.4. The summed E-state index contributed by atoms with van der Waals surface area (Å²) in [5.41, 5.74) is 2.89. The van der Waals surface area contributed by atoms with E-state index < -0.39 is 0 Å². The highest BCUT2D eigenvalue weighted by molar-refractivity contribution is 9.09. The Morgan fingerprint density at radius 2 is 2.25 bits per heavy atom. The first kappa shape index (κ1) is 12.1. The van der Waals surface area contributed by atoms with Crippen molar-refractivity contribution in [1.82, 2.24) is 0 Å². The summed E-state index contributed by atoms with van der Waals surface area (Å²) >= 11 is 3.59. The van der Waals surface area contributed by atoms with Gasteiger partial charge in [0.2, 0.25) is 0 Å². The molecule has 2 heteroatoms. The molecule has 0 bridgehead atoms. The molecule has 0 N–H and O–H groups in total. The van der Waals surface area contributed by atoms with Crippen LogP contribution in [0.4, 0.5) is 0 Å². The highest BCUT2D eigenvalue weighted by Gasteiger charge is 2.19. The molecule has 2 unspecified atom stereocenters. The molecule has 16 heavy (non-hydrogen) atoms. The fourth-order valence-corrected chi connectivity index (χ4v) is 2.62. The molecule has 1 nitrogen and oxygen atoms in total. The van der Waals surface area contributed by atoms with Crippen molar-refractivity contribution in [3.05, 3.63) is 35.4 Å². The van der Waals surface area contributed by atoms with E-state index in [-0.39, 0.29) is 0 Å². The number of hydrogen-bond donors (Lipinski definition) is 0. The number of hydrogen-bond acceptors (Lipinski definition) is 1. The van der Waals surface area contributed by atoms with Gasteiger partial charge in [-0.15, -0.1) is 0 Å². The van der Waals surface area contributed by atoms with Crippen LogP contribution in [-0.2, 0) is 11.2 Å². The van der Waals surface area contributed by atoms with E-state index in [1.165, 1.54) is 24.0 Å². The molecule has 1 aromatic rings. The van der Waals surface area contributed by atoms with Gasteiger partial charge in [0.05, 0.1) is 12.7 Å². The summed E-state index contributed by atoms with van der Waals surface area (Å²) in [5, 5.41) is 0. The second-order valence-electron chi connectivity index (χ2n) is 4.52. The Balaban J connectivity index is 1.96. The standard InChI is InChI=1S/C14H19BrO/c1-11(15)5-4-8-14-13-7-3-2-6-12(13)9-10-16-14/h2-3,6-7,11,14H,4-5,8-10H2,1H3. The summed E-state index contributed by atoms with van der Waals surface area (Å²) in [4.78, 5) is 0.617. The molecule has 0 spiro atoms. The maximum atomic E-state index is 5.87. The topological polar surface area (TPSA) is 9.23 Å². The third kappa shape index (κ3) is 3.08. The van der Waals surface area contributed by atoms with Crippen LogP contribution in [0.15, 0.2) is 24.3 Å². The Labute approximate surface area is 106 Å². The minimum absolute atomic E-state index is 0.330. The highest BCUT2D eigenvalue weighted by atomic mass is 79.9. The van der Waals surface area contributed by atoms with Gasteiger partial charge < -0.3 is 4.74 Å². The molecule has 1 heterocycles. The fourth-order valence-electron chi connectivity index (χ4n) is 2.30. The van der Waals surface area contributed by atoms with Crippen LogP contribution in [-0.4, -0.2) is 11.4 Å². The quantitative estimate of drug-likeness (QED) is 0.750. The minimum atomic E-state index is 0.330. The first-order valence-electron chi connectivity index (χ1n) is 6.11. The van der Waals surface area contributed by atoms with Crippen molar-refractivity contribution >= 4 is 15.9 Å². The van der Waals surface area contributed by atoms with Gasteiger partial charge >= 0.3 is 0 Å². The maximum absolute atomic E-state index is 5.87. The number of fused-ring (bicyclic) bond motifs is 1. The molecule has 0 saturated carbocycles. The average molecular weight is 283 g/mol. The van der Waals surface area contributed by atoms with Crippen molar-refractivity contribution in [1.29, 1.82) is 0 Å². The first-order valence-corrected chi connectivity index (χ1v) is 7.02. The van der Waals surface area contributed by atoms with Gasteiger partial charge in [-0.3, -0.25) is 0 Å². The summed E-state index contributed by atoms with van der Waals surface area (Å²) in [6.07, 6.45) is 5.00. The third-order valence-electron chi connectivity index (χ3n) is 3.16. The smallest absolute Gasteiger partial charge is 0.0827 e. The largest absolute Gasteiger partial charge is 0.373 e. The first-order chi connectivity index (χ1) is 7.77. The van der Waals surface area contributed by atoms with Gasteiger partial charge in [-0.1, -0.05) is 47.1 Å². The SMILES string of the molecule is CC(Br)CCCC1OCCc2ccccc21. The van der Waals surface area contributed by atoms with Crippen LogP contribution in [0.25, 0.3) is 0 Å². The van der Waals surface area contributed by atoms with Crippen LogP contribution >= 0.6 is 15.9 Å². The van der Waals surface area contributed by atoms with Gasteiger partial charge in [-0.2, -0.15) is 0 Å². The maximum Gasteiger partial charge on any atom is 0.0827 e. The summed E-state index contributed by atoms with van der Waals surface area (Å²) in [6, 6.07) is 8.70. The van der Waals surface area contributed by atoms with Crippen LogP contribution in [0.2, 0.25) is 0 Å². The van der Waals surface area contributed by atoms with E-state index in [1.807, 2.05) is 0 Å². The lowest BCUT2D eigenvalue weighted by atomic mass is 9.94. The van der Waals surface area contributed by atoms with Gasteiger partial charge in [-0.05, 0) is 36.8 Å². The van der Waals surface area contributed by atoms with Crippen LogP contribution in [0.1, 0.15) is 43.4 Å². The molecule has 1 aliphatic rings. The van der Waals surface area contributed by atoms with Crippen LogP contribution < -0.4 is 0 Å². The zero-order valence-electron chi connectivity index (χ0n) is 9.79. The van der Waals surface area contributed by atoms with E-state index in [9.17, 15) is 0 Å². The molecular weight excluding hydrogens is 264 g/mol. The molecule has 2 atom stereocenters. The number of benzene rings is 1. The van der Waals surface area contributed by atoms with Crippen molar-refractivity contribution in [2.75, 3.05) is 6.61 Å². The molecule has 0 radical (unpaired) electrons.